The van der Waals surface area contributed by atoms with Crippen LogP contribution < -0.4 is 9.46 Å². The lowest BCUT2D eigenvalue weighted by molar-refractivity contribution is 0.351. The van der Waals surface area contributed by atoms with Gasteiger partial charge < -0.3 is 14.4 Å². The molecule has 0 atom stereocenters. The smallest absolute Gasteiger partial charge is 0.238 e. The van der Waals surface area contributed by atoms with E-state index in [1.54, 1.807) is 19.1 Å². The predicted octanol–water partition coefficient (Wildman–Crippen LogP) is 4.19. The Bertz CT molecular complexity index is 703. The maximum atomic E-state index is 5.52. The van der Waals surface area contributed by atoms with Crippen LogP contribution in [0.4, 0.5) is 5.69 Å². The zero-order valence-corrected chi connectivity index (χ0v) is 16.2. The molecule has 1 aliphatic rings. The summed E-state index contributed by atoms with van der Waals surface area (Å²) in [5, 5.41) is 0. The highest BCUT2D eigenvalue weighted by Crippen LogP contribution is 2.31. The Morgan fingerprint density at radius 2 is 1.96 bits per heavy atom. The molecule has 0 saturated heterocycles. The molecular formula is C20H27N3OS. The molecule has 1 N–H and O–H groups in total. The van der Waals surface area contributed by atoms with Crippen molar-refractivity contribution in [2.45, 2.75) is 37.5 Å². The van der Waals surface area contributed by atoms with Gasteiger partial charge in [0.25, 0.3) is 0 Å². The highest BCUT2D eigenvalue weighted by molar-refractivity contribution is 8.00. The summed E-state index contributed by atoms with van der Waals surface area (Å²) in [6.07, 6.45) is 4.33. The van der Waals surface area contributed by atoms with Crippen LogP contribution in [0.2, 0.25) is 0 Å². The lowest BCUT2D eigenvalue weighted by Crippen LogP contribution is -2.20. The van der Waals surface area contributed by atoms with Gasteiger partial charge in [0.05, 0.1) is 7.11 Å². The van der Waals surface area contributed by atoms with Crippen molar-refractivity contribution < 1.29 is 4.74 Å². The van der Waals surface area contributed by atoms with Gasteiger partial charge in [0.15, 0.2) is 0 Å². The standard InChI is InChI=1S/C20H27N3OS/c1-4-5-15-6-8-17(9-7-15)25-22-19-14-16-10-12-23(2)13-11-18(16)21-20(19)24-3/h6-9,14,22H,4-5,10-13H2,1-3H3. The molecule has 5 heteroatoms. The van der Waals surface area contributed by atoms with Gasteiger partial charge in [-0.1, -0.05) is 25.5 Å². The number of anilines is 1. The van der Waals surface area contributed by atoms with E-state index in [9.17, 15) is 0 Å². The summed E-state index contributed by atoms with van der Waals surface area (Å²) < 4.78 is 8.95. The summed E-state index contributed by atoms with van der Waals surface area (Å²) in [6.45, 7) is 4.33. The first kappa shape index (κ1) is 18.1. The molecular weight excluding hydrogens is 330 g/mol. The Hall–Kier alpha value is -1.72. The van der Waals surface area contributed by atoms with E-state index in [0.717, 1.165) is 38.0 Å². The van der Waals surface area contributed by atoms with E-state index in [0.29, 0.717) is 5.88 Å². The van der Waals surface area contributed by atoms with Gasteiger partial charge >= 0.3 is 0 Å². The molecule has 0 fully saturated rings. The molecule has 1 aromatic heterocycles. The Labute approximate surface area is 155 Å². The molecule has 0 amide bonds. The summed E-state index contributed by atoms with van der Waals surface area (Å²) in [5.41, 5.74) is 4.83. The minimum atomic E-state index is 0.679. The predicted molar refractivity (Wildman–Crippen MR) is 106 cm³/mol. The van der Waals surface area contributed by atoms with Gasteiger partial charge in [-0.2, -0.15) is 0 Å². The molecule has 1 aromatic carbocycles. The number of likely N-dealkylation sites (N-methyl/N-ethyl adjacent to an activating group) is 1. The quantitative estimate of drug-likeness (QED) is 0.785. The average Bonchev–Trinajstić information content (AvgIpc) is 2.82. The fraction of sp³-hybridized carbons (Fsp3) is 0.450. The van der Waals surface area contributed by atoms with Crippen molar-refractivity contribution in [2.75, 3.05) is 32.0 Å². The maximum absolute atomic E-state index is 5.52. The van der Waals surface area contributed by atoms with Crippen LogP contribution in [0.1, 0.15) is 30.2 Å². The fourth-order valence-electron chi connectivity index (χ4n) is 3.08. The van der Waals surface area contributed by atoms with Crippen LogP contribution in [-0.4, -0.2) is 37.1 Å². The van der Waals surface area contributed by atoms with E-state index in [4.69, 9.17) is 9.72 Å². The second kappa shape index (κ2) is 8.59. The number of hydrogen-bond acceptors (Lipinski definition) is 5. The highest BCUT2D eigenvalue weighted by atomic mass is 32.2. The minimum Gasteiger partial charge on any atom is -0.479 e. The van der Waals surface area contributed by atoms with Gasteiger partial charge in [-0.25, -0.2) is 4.98 Å². The molecule has 1 aliphatic heterocycles. The van der Waals surface area contributed by atoms with E-state index in [1.165, 1.54) is 28.1 Å². The first-order valence-electron chi connectivity index (χ1n) is 8.96. The van der Waals surface area contributed by atoms with Gasteiger partial charge in [0.1, 0.15) is 5.69 Å². The van der Waals surface area contributed by atoms with Crippen molar-refractivity contribution in [3.63, 3.8) is 0 Å². The van der Waals surface area contributed by atoms with E-state index >= 15 is 0 Å². The van der Waals surface area contributed by atoms with Crippen LogP contribution in [0.5, 0.6) is 5.88 Å². The van der Waals surface area contributed by atoms with Crippen LogP contribution in [0.3, 0.4) is 0 Å². The Morgan fingerprint density at radius 1 is 1.20 bits per heavy atom. The first-order valence-corrected chi connectivity index (χ1v) is 9.78. The van der Waals surface area contributed by atoms with Crippen molar-refractivity contribution in [3.05, 3.63) is 47.2 Å². The van der Waals surface area contributed by atoms with E-state index in [2.05, 4.69) is 53.9 Å². The number of nitrogens with zero attached hydrogens (tertiary/aromatic N) is 2. The summed E-state index contributed by atoms with van der Waals surface area (Å²) in [7, 11) is 3.85. The number of ether oxygens (including phenoxy) is 1. The SMILES string of the molecule is CCCc1ccc(SNc2cc3c(nc2OC)CCN(C)CC3)cc1. The van der Waals surface area contributed by atoms with E-state index < -0.39 is 0 Å². The number of hydrogen-bond donors (Lipinski definition) is 1. The van der Waals surface area contributed by atoms with Crippen molar-refractivity contribution in [1.29, 1.82) is 0 Å². The summed E-state index contributed by atoms with van der Waals surface area (Å²) in [6, 6.07) is 11.0. The third kappa shape index (κ3) is 4.67. The lowest BCUT2D eigenvalue weighted by atomic mass is 10.1. The van der Waals surface area contributed by atoms with E-state index in [-0.39, 0.29) is 0 Å². The number of aryl methyl sites for hydroxylation is 1. The van der Waals surface area contributed by atoms with Gasteiger partial charge in [-0.3, -0.25) is 0 Å². The third-order valence-electron chi connectivity index (χ3n) is 4.58. The Balaban J connectivity index is 1.73. The number of aromatic nitrogens is 1. The largest absolute Gasteiger partial charge is 0.479 e. The molecule has 2 aromatic rings. The molecule has 25 heavy (non-hydrogen) atoms. The molecule has 0 aliphatic carbocycles. The Morgan fingerprint density at radius 3 is 2.68 bits per heavy atom. The fourth-order valence-corrected chi connectivity index (χ4v) is 3.73. The average molecular weight is 358 g/mol. The van der Waals surface area contributed by atoms with Gasteiger partial charge in [-0.15, -0.1) is 0 Å². The second-order valence-electron chi connectivity index (χ2n) is 6.55. The van der Waals surface area contributed by atoms with Crippen LogP contribution in [-0.2, 0) is 19.3 Å². The molecule has 0 unspecified atom stereocenters. The van der Waals surface area contributed by atoms with Crippen LogP contribution in [0.25, 0.3) is 0 Å². The van der Waals surface area contributed by atoms with Crippen molar-refractivity contribution in [1.82, 2.24) is 9.88 Å². The van der Waals surface area contributed by atoms with Gasteiger partial charge in [-0.05, 0) is 61.2 Å². The molecule has 0 radical (unpaired) electrons. The molecule has 0 bridgehead atoms. The molecule has 3 rings (SSSR count). The van der Waals surface area contributed by atoms with E-state index in [1.807, 2.05) is 0 Å². The number of benzene rings is 1. The topological polar surface area (TPSA) is 37.4 Å². The van der Waals surface area contributed by atoms with Crippen molar-refractivity contribution >= 4 is 17.6 Å². The third-order valence-corrected chi connectivity index (χ3v) is 5.41. The normalized spacial score (nSPS) is 14.7. The number of rotatable bonds is 6. The minimum absolute atomic E-state index is 0.679. The second-order valence-corrected chi connectivity index (χ2v) is 7.43. The zero-order chi connectivity index (χ0) is 17.6. The van der Waals surface area contributed by atoms with Crippen LogP contribution in [0, 0.1) is 0 Å². The molecule has 0 spiro atoms. The monoisotopic (exact) mass is 357 g/mol. The molecule has 2 heterocycles. The number of fused-ring (bicyclic) bond motifs is 1. The van der Waals surface area contributed by atoms with Crippen molar-refractivity contribution in [2.24, 2.45) is 0 Å². The zero-order valence-electron chi connectivity index (χ0n) is 15.3. The van der Waals surface area contributed by atoms with Crippen molar-refractivity contribution in [3.8, 4) is 5.88 Å². The van der Waals surface area contributed by atoms with Crippen LogP contribution >= 0.6 is 11.9 Å². The molecule has 0 saturated carbocycles. The first-order chi connectivity index (χ1) is 12.2. The lowest BCUT2D eigenvalue weighted by Gasteiger charge is -2.14. The summed E-state index contributed by atoms with van der Waals surface area (Å²) in [5.74, 6) is 0.679. The van der Waals surface area contributed by atoms with Gasteiger partial charge in [0.2, 0.25) is 5.88 Å². The number of pyridine rings is 1. The van der Waals surface area contributed by atoms with Crippen LogP contribution in [0.15, 0.2) is 35.2 Å². The molecule has 134 valence electrons. The highest BCUT2D eigenvalue weighted by Gasteiger charge is 2.16. The van der Waals surface area contributed by atoms with Gasteiger partial charge in [0, 0.05) is 30.1 Å². The molecule has 4 nitrogen and oxygen atoms in total. The summed E-state index contributed by atoms with van der Waals surface area (Å²) in [4.78, 5) is 8.30. The number of methoxy groups -OCH3 is 1. The number of nitrogens with one attached hydrogen (secondary N) is 1. The Kier molecular flexibility index (Phi) is 6.21. The maximum Gasteiger partial charge on any atom is 0.238 e. The summed E-state index contributed by atoms with van der Waals surface area (Å²) >= 11 is 1.61.